The molecule has 5 nitrogen and oxygen atoms in total. The molecule has 0 bridgehead atoms. The third-order valence-electron chi connectivity index (χ3n) is 3.72. The van der Waals surface area contributed by atoms with Crippen LogP contribution < -0.4 is 15.0 Å². The second-order valence-electron chi connectivity index (χ2n) is 5.43. The SMILES string of the molecule is CC(NC(=O)CN1CCOc2ccc(Cl)cc21)c1ccccn1. The van der Waals surface area contributed by atoms with Gasteiger partial charge < -0.3 is 15.0 Å². The van der Waals surface area contributed by atoms with Crippen molar-refractivity contribution in [3.63, 3.8) is 0 Å². The number of benzene rings is 1. The minimum absolute atomic E-state index is 0.0593. The van der Waals surface area contributed by atoms with Crippen LogP contribution in [-0.4, -0.2) is 30.6 Å². The Kier molecular flexibility index (Phi) is 4.67. The smallest absolute Gasteiger partial charge is 0.240 e. The number of hydrogen-bond donors (Lipinski definition) is 1. The lowest BCUT2D eigenvalue weighted by atomic mass is 10.2. The summed E-state index contributed by atoms with van der Waals surface area (Å²) in [5.41, 5.74) is 1.69. The Morgan fingerprint density at radius 3 is 3.09 bits per heavy atom. The number of nitrogens with zero attached hydrogens (tertiary/aromatic N) is 2. The molecule has 2 aromatic rings. The van der Waals surface area contributed by atoms with E-state index in [1.165, 1.54) is 0 Å². The molecule has 1 atom stereocenters. The molecular weight excluding hydrogens is 314 g/mol. The average Bonchev–Trinajstić information content (AvgIpc) is 2.56. The summed E-state index contributed by atoms with van der Waals surface area (Å²) in [7, 11) is 0. The van der Waals surface area contributed by atoms with Crippen molar-refractivity contribution in [3.05, 3.63) is 53.3 Å². The van der Waals surface area contributed by atoms with E-state index in [4.69, 9.17) is 16.3 Å². The van der Waals surface area contributed by atoms with Crippen LogP contribution in [0, 0.1) is 0 Å². The Labute approximate surface area is 140 Å². The molecule has 1 aliphatic rings. The highest BCUT2D eigenvalue weighted by atomic mass is 35.5. The fraction of sp³-hybridized carbons (Fsp3) is 0.294. The summed E-state index contributed by atoms with van der Waals surface area (Å²) in [6.07, 6.45) is 1.72. The molecule has 3 rings (SSSR count). The van der Waals surface area contributed by atoms with Gasteiger partial charge in [-0.25, -0.2) is 0 Å². The van der Waals surface area contributed by atoms with E-state index in [0.29, 0.717) is 18.2 Å². The van der Waals surface area contributed by atoms with E-state index in [2.05, 4.69) is 10.3 Å². The van der Waals surface area contributed by atoms with Gasteiger partial charge in [0.25, 0.3) is 0 Å². The monoisotopic (exact) mass is 331 g/mol. The van der Waals surface area contributed by atoms with Crippen molar-refractivity contribution >= 4 is 23.2 Å². The maximum Gasteiger partial charge on any atom is 0.240 e. The first-order valence-electron chi connectivity index (χ1n) is 7.51. The number of carbonyl (C=O) groups excluding carboxylic acids is 1. The van der Waals surface area contributed by atoms with Gasteiger partial charge in [-0.2, -0.15) is 0 Å². The highest BCUT2D eigenvalue weighted by molar-refractivity contribution is 6.31. The number of ether oxygens (including phenoxy) is 1. The number of halogens is 1. The van der Waals surface area contributed by atoms with Crippen molar-refractivity contribution in [2.75, 3.05) is 24.6 Å². The van der Waals surface area contributed by atoms with Gasteiger partial charge in [-0.15, -0.1) is 0 Å². The molecule has 0 fully saturated rings. The number of rotatable bonds is 4. The second kappa shape index (κ2) is 6.87. The van der Waals surface area contributed by atoms with Crippen LogP contribution in [-0.2, 0) is 4.79 Å². The fourth-order valence-corrected chi connectivity index (χ4v) is 2.74. The molecule has 120 valence electrons. The number of pyridine rings is 1. The van der Waals surface area contributed by atoms with E-state index in [1.54, 1.807) is 12.3 Å². The van der Waals surface area contributed by atoms with Crippen LogP contribution in [0.1, 0.15) is 18.7 Å². The van der Waals surface area contributed by atoms with E-state index in [0.717, 1.165) is 17.1 Å². The zero-order valence-corrected chi connectivity index (χ0v) is 13.6. The van der Waals surface area contributed by atoms with Crippen molar-refractivity contribution in [1.29, 1.82) is 0 Å². The average molecular weight is 332 g/mol. The first-order chi connectivity index (χ1) is 11.1. The minimum atomic E-state index is -0.136. The Morgan fingerprint density at radius 2 is 2.30 bits per heavy atom. The maximum atomic E-state index is 12.3. The van der Waals surface area contributed by atoms with Gasteiger partial charge in [0.1, 0.15) is 12.4 Å². The Balaban J connectivity index is 1.66. The van der Waals surface area contributed by atoms with E-state index < -0.39 is 0 Å². The maximum absolute atomic E-state index is 12.3. The highest BCUT2D eigenvalue weighted by Crippen LogP contribution is 2.33. The van der Waals surface area contributed by atoms with Gasteiger partial charge in [0, 0.05) is 11.2 Å². The van der Waals surface area contributed by atoms with E-state index >= 15 is 0 Å². The highest BCUT2D eigenvalue weighted by Gasteiger charge is 2.21. The zero-order valence-electron chi connectivity index (χ0n) is 12.8. The molecule has 1 aromatic carbocycles. The summed E-state index contributed by atoms with van der Waals surface area (Å²) < 4.78 is 5.60. The van der Waals surface area contributed by atoms with Crippen molar-refractivity contribution < 1.29 is 9.53 Å². The lowest BCUT2D eigenvalue weighted by molar-refractivity contribution is -0.120. The number of fused-ring (bicyclic) bond motifs is 1. The third kappa shape index (κ3) is 3.74. The van der Waals surface area contributed by atoms with Gasteiger partial charge >= 0.3 is 0 Å². The zero-order chi connectivity index (χ0) is 16.2. The number of carbonyl (C=O) groups is 1. The van der Waals surface area contributed by atoms with Crippen molar-refractivity contribution in [3.8, 4) is 5.75 Å². The van der Waals surface area contributed by atoms with E-state index in [-0.39, 0.29) is 18.5 Å². The molecule has 1 aromatic heterocycles. The molecular formula is C17H18ClN3O2. The molecule has 0 saturated heterocycles. The number of aromatic nitrogens is 1. The van der Waals surface area contributed by atoms with Crippen LogP contribution in [0.5, 0.6) is 5.75 Å². The topological polar surface area (TPSA) is 54.5 Å². The summed E-state index contributed by atoms with van der Waals surface area (Å²) >= 11 is 6.05. The molecule has 23 heavy (non-hydrogen) atoms. The molecule has 1 aliphatic heterocycles. The molecule has 1 amide bonds. The van der Waals surface area contributed by atoms with Crippen molar-refractivity contribution in [2.24, 2.45) is 0 Å². The van der Waals surface area contributed by atoms with Crippen LogP contribution in [0.15, 0.2) is 42.6 Å². The van der Waals surface area contributed by atoms with Crippen molar-refractivity contribution in [2.45, 2.75) is 13.0 Å². The van der Waals surface area contributed by atoms with Gasteiger partial charge in [-0.05, 0) is 37.3 Å². The largest absolute Gasteiger partial charge is 0.490 e. The van der Waals surface area contributed by atoms with E-state index in [9.17, 15) is 4.79 Å². The molecule has 0 aliphatic carbocycles. The quantitative estimate of drug-likeness (QED) is 0.936. The standard InChI is InChI=1S/C17H18ClN3O2/c1-12(14-4-2-3-7-19-14)20-17(22)11-21-8-9-23-16-6-5-13(18)10-15(16)21/h2-7,10,12H,8-9,11H2,1H3,(H,20,22). The Bertz CT molecular complexity index is 693. The van der Waals surface area contributed by atoms with Gasteiger partial charge in [0.05, 0.1) is 30.5 Å². The van der Waals surface area contributed by atoms with Gasteiger partial charge in [-0.3, -0.25) is 9.78 Å². The number of amides is 1. The van der Waals surface area contributed by atoms with Crippen molar-refractivity contribution in [1.82, 2.24) is 10.3 Å². The predicted molar refractivity (Wildman–Crippen MR) is 90.0 cm³/mol. The van der Waals surface area contributed by atoms with E-state index in [1.807, 2.05) is 42.2 Å². The minimum Gasteiger partial charge on any atom is -0.490 e. The van der Waals surface area contributed by atoms with Crippen LogP contribution >= 0.6 is 11.6 Å². The third-order valence-corrected chi connectivity index (χ3v) is 3.96. The first-order valence-corrected chi connectivity index (χ1v) is 7.89. The summed E-state index contributed by atoms with van der Waals surface area (Å²) in [6.45, 7) is 3.38. The predicted octanol–water partition coefficient (Wildman–Crippen LogP) is 2.81. The lowest BCUT2D eigenvalue weighted by Crippen LogP contribution is -2.42. The molecule has 1 unspecified atom stereocenters. The summed E-state index contributed by atoms with van der Waals surface area (Å²) in [6, 6.07) is 11.0. The molecule has 6 heteroatoms. The Morgan fingerprint density at radius 1 is 1.43 bits per heavy atom. The summed E-state index contributed by atoms with van der Waals surface area (Å²) in [5, 5.41) is 3.60. The van der Waals surface area contributed by atoms with Crippen LogP contribution in [0.25, 0.3) is 0 Å². The van der Waals surface area contributed by atoms with Gasteiger partial charge in [0.15, 0.2) is 0 Å². The van der Waals surface area contributed by atoms with Crippen LogP contribution in [0.4, 0.5) is 5.69 Å². The molecule has 0 saturated carbocycles. The number of hydrogen-bond acceptors (Lipinski definition) is 4. The Hall–Kier alpha value is -2.27. The normalized spacial score (nSPS) is 14.6. The molecule has 1 N–H and O–H groups in total. The number of anilines is 1. The van der Waals surface area contributed by atoms with Crippen LogP contribution in [0.2, 0.25) is 5.02 Å². The lowest BCUT2D eigenvalue weighted by Gasteiger charge is -2.31. The number of nitrogens with one attached hydrogen (secondary N) is 1. The molecule has 0 spiro atoms. The summed E-state index contributed by atoms with van der Waals surface area (Å²) in [4.78, 5) is 18.6. The van der Waals surface area contributed by atoms with Gasteiger partial charge in [-0.1, -0.05) is 17.7 Å². The summed E-state index contributed by atoms with van der Waals surface area (Å²) in [5.74, 6) is 0.696. The van der Waals surface area contributed by atoms with Gasteiger partial charge in [0.2, 0.25) is 5.91 Å². The van der Waals surface area contributed by atoms with Crippen LogP contribution in [0.3, 0.4) is 0 Å². The molecule has 0 radical (unpaired) electrons. The first kappa shape index (κ1) is 15.6. The second-order valence-corrected chi connectivity index (χ2v) is 5.86. The fourth-order valence-electron chi connectivity index (χ4n) is 2.58. The molecule has 2 heterocycles.